The lowest BCUT2D eigenvalue weighted by Crippen LogP contribution is -2.36. The zero-order chi connectivity index (χ0) is 22.2. The van der Waals surface area contributed by atoms with E-state index in [0.717, 1.165) is 10.8 Å². The van der Waals surface area contributed by atoms with E-state index in [2.05, 4.69) is 25.4 Å². The van der Waals surface area contributed by atoms with Gasteiger partial charge in [0.2, 0.25) is 0 Å². The number of aliphatic hydroxyl groups excluding tert-OH is 2. The fraction of sp³-hybridized carbons (Fsp3) is 0.556. The number of hydrogen-bond donors (Lipinski definition) is 7. The summed E-state index contributed by atoms with van der Waals surface area (Å²) in [6.45, 7) is -5.43. The molecule has 8 N–H and O–H groups in total. The van der Waals surface area contributed by atoms with Gasteiger partial charge in [0.1, 0.15) is 24.1 Å². The first-order chi connectivity index (χ1) is 13.1. The van der Waals surface area contributed by atoms with E-state index in [9.17, 15) is 33.9 Å². The van der Waals surface area contributed by atoms with E-state index in [-0.39, 0.29) is 5.82 Å². The van der Waals surface area contributed by atoms with Crippen LogP contribution in [0.1, 0.15) is 6.23 Å². The predicted molar refractivity (Wildman–Crippen MR) is 95.3 cm³/mol. The Balaban J connectivity index is 2.05. The van der Waals surface area contributed by atoms with Gasteiger partial charge in [0.05, 0.1) is 6.61 Å². The second-order valence-corrected chi connectivity index (χ2v) is 11.3. The molecule has 1 aliphatic rings. The minimum absolute atomic E-state index is 0.0942. The van der Waals surface area contributed by atoms with Crippen molar-refractivity contribution in [3.63, 3.8) is 0 Å². The van der Waals surface area contributed by atoms with Crippen molar-refractivity contribution < 1.29 is 56.8 Å². The van der Waals surface area contributed by atoms with Crippen molar-refractivity contribution in [3.05, 3.63) is 22.7 Å². The molecule has 1 aromatic rings. The number of rotatable bonds is 8. The van der Waals surface area contributed by atoms with Crippen LogP contribution in [0.4, 0.5) is 5.82 Å². The summed E-state index contributed by atoms with van der Waals surface area (Å²) in [5.74, 6) is -0.0942. The fourth-order valence-corrected chi connectivity index (χ4v) is 6.16. The summed E-state index contributed by atoms with van der Waals surface area (Å²) < 4.78 is 40.3. The molecule has 166 valence electrons. The van der Waals surface area contributed by atoms with Crippen LogP contribution in [0.3, 0.4) is 0 Å². The molecule has 0 spiro atoms. The Morgan fingerprint density at radius 1 is 1.21 bits per heavy atom. The van der Waals surface area contributed by atoms with Gasteiger partial charge in [-0.2, -0.15) is 9.29 Å². The van der Waals surface area contributed by atoms with Crippen molar-refractivity contribution in [2.75, 3.05) is 12.3 Å². The van der Waals surface area contributed by atoms with Gasteiger partial charge < -0.3 is 44.8 Å². The number of ether oxygens (including phenoxy) is 1. The van der Waals surface area contributed by atoms with E-state index < -0.39 is 59.2 Å². The number of aliphatic hydroxyl groups is 2. The highest BCUT2D eigenvalue weighted by Gasteiger charge is 2.45. The number of aromatic nitrogens is 2. The Bertz CT molecular complexity index is 951. The summed E-state index contributed by atoms with van der Waals surface area (Å²) in [5, 5.41) is 20.1. The molecular formula is C9H16N3O13P3S. The standard InChI is InChI=1S/C9H16N3O13P3S/c10-5-1-2-12(9(15)11-5)8-7(14)6(13)4(23-8)3-22-28(21,29)25-27(19,20)24-26(16,17)18/h1-2,4,6-8,13-14H,3H2,(H,19,20)(H,21,29)(H2,10,11,15)(H2,16,17,18)/t4-,6?,7+,8-,28?/m1/s1. The molecular weight excluding hydrogens is 483 g/mol. The number of hydrogen-bond acceptors (Lipinski definition) is 12. The van der Waals surface area contributed by atoms with Gasteiger partial charge >= 0.3 is 28.1 Å². The van der Waals surface area contributed by atoms with Gasteiger partial charge in [-0.05, 0) is 17.9 Å². The van der Waals surface area contributed by atoms with Gasteiger partial charge in [-0.15, -0.1) is 0 Å². The van der Waals surface area contributed by atoms with E-state index in [1.807, 2.05) is 0 Å². The second-order valence-electron chi connectivity index (χ2n) is 5.48. The molecule has 3 unspecified atom stereocenters. The van der Waals surface area contributed by atoms with Crippen molar-refractivity contribution >= 4 is 40.0 Å². The molecule has 0 aliphatic carbocycles. The third-order valence-electron chi connectivity index (χ3n) is 3.28. The number of nitrogens with zero attached hydrogens (tertiary/aromatic N) is 2. The first-order valence-corrected chi connectivity index (χ1v) is 12.9. The summed E-state index contributed by atoms with van der Waals surface area (Å²) in [6.07, 6.45) is -4.98. The molecule has 0 amide bonds. The Kier molecular flexibility index (Phi) is 7.54. The van der Waals surface area contributed by atoms with E-state index in [1.54, 1.807) is 0 Å². The minimum Gasteiger partial charge on any atom is -0.387 e. The van der Waals surface area contributed by atoms with Gasteiger partial charge in [0, 0.05) is 6.20 Å². The first-order valence-electron chi connectivity index (χ1n) is 7.25. The topological polar surface area (TPSA) is 253 Å². The fourth-order valence-electron chi connectivity index (χ4n) is 2.19. The maximum Gasteiger partial charge on any atom is 0.488 e. The molecule has 1 fully saturated rings. The molecule has 0 radical (unpaired) electrons. The number of nitrogens with two attached hydrogens (primary N) is 1. The van der Waals surface area contributed by atoms with Gasteiger partial charge in [0.15, 0.2) is 6.23 Å². The normalized spacial score (nSPS) is 29.3. The van der Waals surface area contributed by atoms with Crippen LogP contribution in [-0.2, 0) is 38.8 Å². The molecule has 16 nitrogen and oxygen atoms in total. The highest BCUT2D eigenvalue weighted by atomic mass is 32.5. The monoisotopic (exact) mass is 499 g/mol. The quantitative estimate of drug-likeness (QED) is 0.189. The molecule has 2 rings (SSSR count). The zero-order valence-electron chi connectivity index (χ0n) is 13.9. The van der Waals surface area contributed by atoms with Crippen LogP contribution >= 0.6 is 22.4 Å². The average molecular weight is 499 g/mol. The highest BCUT2D eigenvalue weighted by molar-refractivity contribution is 8.08. The van der Waals surface area contributed by atoms with Gasteiger partial charge in [-0.25, -0.2) is 18.2 Å². The van der Waals surface area contributed by atoms with Crippen LogP contribution in [0.2, 0.25) is 0 Å². The van der Waals surface area contributed by atoms with Gasteiger partial charge in [-0.3, -0.25) is 4.57 Å². The maximum atomic E-state index is 11.8. The van der Waals surface area contributed by atoms with Crippen LogP contribution in [0.5, 0.6) is 0 Å². The number of phosphoric acid groups is 2. The van der Waals surface area contributed by atoms with Crippen molar-refractivity contribution in [2.24, 2.45) is 0 Å². The second kappa shape index (κ2) is 8.86. The predicted octanol–water partition coefficient (Wildman–Crippen LogP) is -2.10. The average Bonchev–Trinajstić information content (AvgIpc) is 2.78. The molecule has 0 bridgehead atoms. The third-order valence-corrected chi connectivity index (χ3v) is 8.00. The zero-order valence-corrected chi connectivity index (χ0v) is 17.4. The lowest BCUT2D eigenvalue weighted by molar-refractivity contribution is -0.0526. The molecule has 0 aromatic carbocycles. The van der Waals surface area contributed by atoms with Crippen molar-refractivity contribution in [1.82, 2.24) is 9.55 Å². The molecule has 2 heterocycles. The van der Waals surface area contributed by atoms with Crippen LogP contribution in [0.25, 0.3) is 0 Å². The van der Waals surface area contributed by atoms with E-state index in [0.29, 0.717) is 0 Å². The molecule has 20 heteroatoms. The lowest BCUT2D eigenvalue weighted by atomic mass is 10.1. The number of nitrogen functional groups attached to an aromatic ring is 1. The largest absolute Gasteiger partial charge is 0.488 e. The highest BCUT2D eigenvalue weighted by Crippen LogP contribution is 2.66. The van der Waals surface area contributed by atoms with Crippen molar-refractivity contribution in [1.29, 1.82) is 0 Å². The number of anilines is 1. The molecule has 0 saturated carbocycles. The van der Waals surface area contributed by atoms with Crippen LogP contribution in [0.15, 0.2) is 17.1 Å². The Labute approximate surface area is 166 Å². The Hall–Kier alpha value is -0.610. The summed E-state index contributed by atoms with van der Waals surface area (Å²) in [7, 11) is -11.0. The molecule has 1 aliphatic heterocycles. The lowest BCUT2D eigenvalue weighted by Gasteiger charge is -2.21. The Morgan fingerprint density at radius 3 is 2.38 bits per heavy atom. The maximum absolute atomic E-state index is 11.8. The van der Waals surface area contributed by atoms with Crippen molar-refractivity contribution in [3.8, 4) is 0 Å². The summed E-state index contributed by atoms with van der Waals surface area (Å²) in [6, 6.07) is 1.23. The van der Waals surface area contributed by atoms with E-state index in [1.165, 1.54) is 6.07 Å². The minimum atomic E-state index is -5.51. The van der Waals surface area contributed by atoms with E-state index in [4.69, 9.17) is 24.8 Å². The Morgan fingerprint density at radius 2 is 1.83 bits per heavy atom. The van der Waals surface area contributed by atoms with Crippen molar-refractivity contribution in [2.45, 2.75) is 24.5 Å². The molecule has 1 aromatic heterocycles. The summed E-state index contributed by atoms with van der Waals surface area (Å²) >= 11 is 4.42. The van der Waals surface area contributed by atoms with Gasteiger partial charge in [-0.1, -0.05) is 0 Å². The van der Waals surface area contributed by atoms with E-state index >= 15 is 0 Å². The van der Waals surface area contributed by atoms with Crippen LogP contribution in [0, 0.1) is 0 Å². The van der Waals surface area contributed by atoms with Crippen LogP contribution < -0.4 is 11.4 Å². The third kappa shape index (κ3) is 6.95. The van der Waals surface area contributed by atoms with Crippen LogP contribution in [-0.4, -0.2) is 64.3 Å². The smallest absolute Gasteiger partial charge is 0.387 e. The summed E-state index contributed by atoms with van der Waals surface area (Å²) in [5.41, 5.74) is 4.46. The SMILES string of the molecule is Nc1ccn([C@@H]2O[C@H](COP(O)(=S)OP(=O)(O)OP(=O)(O)O)C(O)[C@@H]2O)c(=O)n1. The molecule has 1 saturated heterocycles. The molecule has 29 heavy (non-hydrogen) atoms. The first kappa shape index (κ1) is 24.7. The molecule has 6 atom stereocenters. The summed E-state index contributed by atoms with van der Waals surface area (Å²) in [4.78, 5) is 51.2. The van der Waals surface area contributed by atoms with Gasteiger partial charge in [0.25, 0.3) is 0 Å².